The van der Waals surface area contributed by atoms with Crippen LogP contribution in [-0.2, 0) is 11.3 Å². The molecule has 1 aliphatic rings. The molecule has 2 aromatic carbocycles. The Labute approximate surface area is 184 Å². The van der Waals surface area contributed by atoms with E-state index in [-0.39, 0.29) is 18.1 Å². The van der Waals surface area contributed by atoms with Crippen LogP contribution < -0.4 is 0 Å². The van der Waals surface area contributed by atoms with Crippen LogP contribution in [0.4, 0.5) is 13.2 Å². The smallest absolute Gasteiger partial charge is 0.243 e. The number of aromatic nitrogens is 2. The summed E-state index contributed by atoms with van der Waals surface area (Å²) >= 11 is 0. The maximum Gasteiger partial charge on any atom is 0.243 e. The summed E-state index contributed by atoms with van der Waals surface area (Å²) in [6.45, 7) is 8.39. The Balaban J connectivity index is 0.00000141. The lowest BCUT2D eigenvalue weighted by molar-refractivity contribution is -0.133. The fraction of sp³-hybridized carbons (Fsp3) is 0.292. The van der Waals surface area contributed by atoms with Crippen LogP contribution in [0.25, 0.3) is 10.9 Å². The SMILES string of the molecule is C=C(CCC(=O)N1N=CCC1c1cc(F)cc(F)c1)Cn1cc2cc(F)ccc2n1.CC. The first kappa shape index (κ1) is 23.2. The molecule has 4 rings (SSSR count). The van der Waals surface area contributed by atoms with Crippen molar-refractivity contribution in [2.75, 3.05) is 0 Å². The Morgan fingerprint density at radius 3 is 2.50 bits per heavy atom. The molecule has 0 spiro atoms. The fourth-order valence-electron chi connectivity index (χ4n) is 3.53. The highest BCUT2D eigenvalue weighted by Gasteiger charge is 2.28. The molecule has 3 aromatic rings. The predicted molar refractivity (Wildman–Crippen MR) is 118 cm³/mol. The van der Waals surface area contributed by atoms with Crippen LogP contribution in [-0.4, -0.2) is 26.9 Å². The summed E-state index contributed by atoms with van der Waals surface area (Å²) in [7, 11) is 0. The van der Waals surface area contributed by atoms with Gasteiger partial charge in [-0.05, 0) is 42.3 Å². The molecule has 1 atom stereocenters. The second kappa shape index (κ2) is 10.3. The highest BCUT2D eigenvalue weighted by Crippen LogP contribution is 2.30. The van der Waals surface area contributed by atoms with Crippen molar-refractivity contribution in [2.45, 2.75) is 45.7 Å². The number of allylic oxidation sites excluding steroid dienone is 1. The zero-order valence-corrected chi connectivity index (χ0v) is 18.1. The summed E-state index contributed by atoms with van der Waals surface area (Å²) in [6.07, 6.45) is 4.24. The number of benzene rings is 2. The molecular weight excluding hydrogens is 417 g/mol. The van der Waals surface area contributed by atoms with Gasteiger partial charge in [0.2, 0.25) is 5.91 Å². The highest BCUT2D eigenvalue weighted by atomic mass is 19.1. The van der Waals surface area contributed by atoms with Crippen molar-refractivity contribution in [2.24, 2.45) is 5.10 Å². The molecule has 0 fully saturated rings. The topological polar surface area (TPSA) is 50.5 Å². The van der Waals surface area contributed by atoms with E-state index in [1.54, 1.807) is 23.2 Å². The number of amides is 1. The van der Waals surface area contributed by atoms with E-state index >= 15 is 0 Å². The second-order valence-electron chi connectivity index (χ2n) is 7.27. The number of hydrogen-bond donors (Lipinski definition) is 0. The minimum absolute atomic E-state index is 0.153. The summed E-state index contributed by atoms with van der Waals surface area (Å²) in [4.78, 5) is 12.7. The molecule has 2 heterocycles. The van der Waals surface area contributed by atoms with Crippen molar-refractivity contribution in [1.29, 1.82) is 0 Å². The van der Waals surface area contributed by atoms with Gasteiger partial charge in [-0.2, -0.15) is 10.2 Å². The van der Waals surface area contributed by atoms with Gasteiger partial charge in [0.25, 0.3) is 0 Å². The van der Waals surface area contributed by atoms with Gasteiger partial charge in [-0.15, -0.1) is 0 Å². The van der Waals surface area contributed by atoms with Crippen molar-refractivity contribution in [1.82, 2.24) is 14.8 Å². The second-order valence-corrected chi connectivity index (χ2v) is 7.27. The van der Waals surface area contributed by atoms with Crippen molar-refractivity contribution >= 4 is 23.0 Å². The van der Waals surface area contributed by atoms with Crippen LogP contribution in [0.2, 0.25) is 0 Å². The van der Waals surface area contributed by atoms with Crippen LogP contribution in [0.3, 0.4) is 0 Å². The van der Waals surface area contributed by atoms with E-state index in [2.05, 4.69) is 16.8 Å². The van der Waals surface area contributed by atoms with Crippen molar-refractivity contribution < 1.29 is 18.0 Å². The molecule has 0 saturated heterocycles. The number of rotatable bonds is 6. The minimum atomic E-state index is -0.691. The molecule has 0 saturated carbocycles. The van der Waals surface area contributed by atoms with E-state index in [9.17, 15) is 18.0 Å². The average Bonchev–Trinajstić information content (AvgIpc) is 3.39. The summed E-state index contributed by atoms with van der Waals surface area (Å²) in [5, 5.41) is 10.4. The van der Waals surface area contributed by atoms with Crippen molar-refractivity contribution in [3.63, 3.8) is 0 Å². The van der Waals surface area contributed by atoms with Crippen molar-refractivity contribution in [3.05, 3.63) is 77.8 Å². The third-order valence-corrected chi connectivity index (χ3v) is 4.95. The lowest BCUT2D eigenvalue weighted by atomic mass is 10.0. The Kier molecular flexibility index (Phi) is 7.45. The highest BCUT2D eigenvalue weighted by molar-refractivity contribution is 5.80. The Hall–Kier alpha value is -3.42. The van der Waals surface area contributed by atoms with Gasteiger partial charge in [0.15, 0.2) is 0 Å². The van der Waals surface area contributed by atoms with E-state index in [1.807, 2.05) is 13.8 Å². The van der Waals surface area contributed by atoms with E-state index in [1.165, 1.54) is 29.3 Å². The molecule has 0 aliphatic carbocycles. The lowest BCUT2D eigenvalue weighted by Gasteiger charge is -2.22. The molecular formula is C24H25F3N4O. The van der Waals surface area contributed by atoms with Gasteiger partial charge in [0, 0.05) is 36.7 Å². The summed E-state index contributed by atoms with van der Waals surface area (Å²) in [5.41, 5.74) is 1.82. The standard InChI is InChI=1S/C22H19F3N4O.C2H6/c1-14(12-28-13-16-10-17(23)3-4-20(16)27-28)2-5-22(30)29-21(6-7-26-29)15-8-18(24)11-19(25)9-15;1-2/h3-4,7-11,13,21H,1-2,5-6,12H2;1-2H3. The first-order valence-electron chi connectivity index (χ1n) is 10.5. The number of carbonyl (C=O) groups excluding carboxylic acids is 1. The molecule has 168 valence electrons. The van der Waals surface area contributed by atoms with Crippen LogP contribution in [0.15, 0.2) is 59.8 Å². The fourth-order valence-corrected chi connectivity index (χ4v) is 3.53. The predicted octanol–water partition coefficient (Wildman–Crippen LogP) is 5.78. The van der Waals surface area contributed by atoms with Gasteiger partial charge in [-0.1, -0.05) is 26.0 Å². The Morgan fingerprint density at radius 1 is 1.06 bits per heavy atom. The number of halogens is 3. The first-order valence-corrected chi connectivity index (χ1v) is 10.5. The largest absolute Gasteiger partial charge is 0.273 e. The Morgan fingerprint density at radius 2 is 1.78 bits per heavy atom. The number of hydrogen-bond acceptors (Lipinski definition) is 3. The number of fused-ring (bicyclic) bond motifs is 1. The van der Waals surface area contributed by atoms with Gasteiger partial charge >= 0.3 is 0 Å². The van der Waals surface area contributed by atoms with Crippen LogP contribution in [0.5, 0.6) is 0 Å². The molecule has 1 aromatic heterocycles. The number of hydrazone groups is 1. The summed E-state index contributed by atoms with van der Waals surface area (Å²) in [6, 6.07) is 7.06. The zero-order chi connectivity index (χ0) is 23.3. The molecule has 0 radical (unpaired) electrons. The van der Waals surface area contributed by atoms with Gasteiger partial charge in [0.05, 0.1) is 18.1 Å². The van der Waals surface area contributed by atoms with Gasteiger partial charge in [-0.25, -0.2) is 18.2 Å². The summed E-state index contributed by atoms with van der Waals surface area (Å²) in [5.74, 6) is -1.97. The number of nitrogens with zero attached hydrogens (tertiary/aromatic N) is 4. The van der Waals surface area contributed by atoms with Crippen LogP contribution in [0, 0.1) is 17.5 Å². The molecule has 1 unspecified atom stereocenters. The van der Waals surface area contributed by atoms with Crippen LogP contribution >= 0.6 is 0 Å². The lowest BCUT2D eigenvalue weighted by Crippen LogP contribution is -2.27. The first-order chi connectivity index (χ1) is 15.4. The van der Waals surface area contributed by atoms with E-state index < -0.39 is 17.7 Å². The van der Waals surface area contributed by atoms with Gasteiger partial charge < -0.3 is 0 Å². The van der Waals surface area contributed by atoms with Gasteiger partial charge in [0.1, 0.15) is 17.5 Å². The van der Waals surface area contributed by atoms with E-state index in [0.29, 0.717) is 35.9 Å². The molecule has 5 nitrogen and oxygen atoms in total. The maximum absolute atomic E-state index is 13.5. The number of carbonyl (C=O) groups is 1. The maximum atomic E-state index is 13.5. The normalized spacial score (nSPS) is 15.0. The van der Waals surface area contributed by atoms with Crippen LogP contribution in [0.1, 0.15) is 44.7 Å². The average molecular weight is 442 g/mol. The molecule has 32 heavy (non-hydrogen) atoms. The monoisotopic (exact) mass is 442 g/mol. The quantitative estimate of drug-likeness (QED) is 0.455. The van der Waals surface area contributed by atoms with Gasteiger partial charge in [-0.3, -0.25) is 9.48 Å². The summed E-state index contributed by atoms with van der Waals surface area (Å²) < 4.78 is 42.1. The third kappa shape index (κ3) is 5.43. The molecule has 1 aliphatic heterocycles. The minimum Gasteiger partial charge on any atom is -0.273 e. The molecule has 8 heteroatoms. The molecule has 0 N–H and O–H groups in total. The molecule has 0 bridgehead atoms. The van der Waals surface area contributed by atoms with Crippen molar-refractivity contribution in [3.8, 4) is 0 Å². The zero-order valence-electron chi connectivity index (χ0n) is 18.1. The third-order valence-electron chi connectivity index (χ3n) is 4.95. The molecule has 1 amide bonds. The van der Waals surface area contributed by atoms with E-state index in [4.69, 9.17) is 0 Å². The Bertz CT molecular complexity index is 1140. The van der Waals surface area contributed by atoms with E-state index in [0.717, 1.165) is 11.6 Å².